The summed E-state index contributed by atoms with van der Waals surface area (Å²) in [5.74, 6) is 0.605. The predicted molar refractivity (Wildman–Crippen MR) is 77.2 cm³/mol. The van der Waals surface area contributed by atoms with E-state index in [0.29, 0.717) is 0 Å². The van der Waals surface area contributed by atoms with Crippen LogP contribution in [0, 0.1) is 0 Å². The lowest BCUT2D eigenvalue weighted by Gasteiger charge is -2.11. The summed E-state index contributed by atoms with van der Waals surface area (Å²) >= 11 is 1.78. The zero-order valence-electron chi connectivity index (χ0n) is 10.7. The second-order valence-corrected chi connectivity index (χ2v) is 5.86. The molecule has 1 aromatic carbocycles. The molecule has 1 aliphatic heterocycles. The van der Waals surface area contributed by atoms with Gasteiger partial charge in [0.05, 0.1) is 12.5 Å². The predicted octanol–water partition coefficient (Wildman–Crippen LogP) is 1.91. The van der Waals surface area contributed by atoms with Gasteiger partial charge in [0.1, 0.15) is 6.04 Å². The SMILES string of the molecule is COC(=O)C1CSC(Cc2c[nH]c3ccccc23)N1. The Morgan fingerprint density at radius 1 is 1.47 bits per heavy atom. The van der Waals surface area contributed by atoms with Crippen molar-refractivity contribution < 1.29 is 9.53 Å². The van der Waals surface area contributed by atoms with E-state index >= 15 is 0 Å². The summed E-state index contributed by atoms with van der Waals surface area (Å²) in [5.41, 5.74) is 2.44. The van der Waals surface area contributed by atoms with Gasteiger partial charge in [-0.3, -0.25) is 10.1 Å². The molecule has 0 aliphatic carbocycles. The Morgan fingerprint density at radius 3 is 3.16 bits per heavy atom. The first-order valence-corrected chi connectivity index (χ1v) is 7.33. The third kappa shape index (κ3) is 2.48. The average molecular weight is 276 g/mol. The highest BCUT2D eigenvalue weighted by Crippen LogP contribution is 2.26. The summed E-state index contributed by atoms with van der Waals surface area (Å²) in [7, 11) is 1.43. The topological polar surface area (TPSA) is 54.1 Å². The molecule has 2 N–H and O–H groups in total. The molecule has 0 saturated carbocycles. The average Bonchev–Trinajstić information content (AvgIpc) is 3.06. The Morgan fingerprint density at radius 2 is 2.32 bits per heavy atom. The molecule has 2 heterocycles. The minimum Gasteiger partial charge on any atom is -0.468 e. The summed E-state index contributed by atoms with van der Waals surface area (Å²) in [6.45, 7) is 0. The molecular weight excluding hydrogens is 260 g/mol. The number of methoxy groups -OCH3 is 1. The summed E-state index contributed by atoms with van der Waals surface area (Å²) in [6.07, 6.45) is 2.96. The van der Waals surface area contributed by atoms with E-state index in [-0.39, 0.29) is 17.4 Å². The number of H-pyrrole nitrogens is 1. The lowest BCUT2D eigenvalue weighted by molar-refractivity contribution is -0.142. The Kier molecular flexibility index (Phi) is 3.48. The smallest absolute Gasteiger partial charge is 0.323 e. The molecule has 100 valence electrons. The maximum Gasteiger partial charge on any atom is 0.323 e. The van der Waals surface area contributed by atoms with Gasteiger partial charge >= 0.3 is 5.97 Å². The van der Waals surface area contributed by atoms with Gasteiger partial charge < -0.3 is 9.72 Å². The first-order valence-electron chi connectivity index (χ1n) is 6.28. The molecule has 19 heavy (non-hydrogen) atoms. The molecule has 1 aliphatic rings. The van der Waals surface area contributed by atoms with Crippen molar-refractivity contribution in [2.75, 3.05) is 12.9 Å². The van der Waals surface area contributed by atoms with Crippen molar-refractivity contribution in [1.82, 2.24) is 10.3 Å². The molecule has 0 bridgehead atoms. The molecule has 2 unspecified atom stereocenters. The van der Waals surface area contributed by atoms with Gasteiger partial charge in [0.15, 0.2) is 0 Å². The van der Waals surface area contributed by atoms with Crippen molar-refractivity contribution >= 4 is 28.6 Å². The highest BCUT2D eigenvalue weighted by Gasteiger charge is 2.30. The van der Waals surface area contributed by atoms with Crippen molar-refractivity contribution in [3.05, 3.63) is 36.0 Å². The number of thioether (sulfide) groups is 1. The first-order chi connectivity index (χ1) is 9.28. The maximum absolute atomic E-state index is 11.5. The third-order valence-corrected chi connectivity index (χ3v) is 4.65. The van der Waals surface area contributed by atoms with Crippen molar-refractivity contribution in [3.8, 4) is 0 Å². The van der Waals surface area contributed by atoms with Crippen LogP contribution in [0.4, 0.5) is 0 Å². The molecule has 0 radical (unpaired) electrons. The van der Waals surface area contributed by atoms with Crippen LogP contribution >= 0.6 is 11.8 Å². The fraction of sp³-hybridized carbons (Fsp3) is 0.357. The van der Waals surface area contributed by atoms with Gasteiger partial charge in [-0.05, 0) is 18.1 Å². The van der Waals surface area contributed by atoms with Crippen molar-refractivity contribution in [2.45, 2.75) is 17.8 Å². The molecule has 0 amide bonds. The number of aromatic amines is 1. The Hall–Kier alpha value is -1.46. The van der Waals surface area contributed by atoms with Gasteiger partial charge in [-0.1, -0.05) is 18.2 Å². The van der Waals surface area contributed by atoms with Crippen LogP contribution in [0.1, 0.15) is 5.56 Å². The quantitative estimate of drug-likeness (QED) is 0.841. The van der Waals surface area contributed by atoms with Crippen LogP contribution in [0.3, 0.4) is 0 Å². The number of ether oxygens (including phenoxy) is 1. The van der Waals surface area contributed by atoms with Crippen LogP contribution < -0.4 is 5.32 Å². The van der Waals surface area contributed by atoms with Gasteiger partial charge in [-0.2, -0.15) is 0 Å². The zero-order chi connectivity index (χ0) is 13.2. The third-order valence-electron chi connectivity index (χ3n) is 3.42. The van der Waals surface area contributed by atoms with E-state index in [0.717, 1.165) is 17.7 Å². The number of fused-ring (bicyclic) bond motifs is 1. The molecule has 1 fully saturated rings. The summed E-state index contributed by atoms with van der Waals surface area (Å²) in [4.78, 5) is 14.7. The zero-order valence-corrected chi connectivity index (χ0v) is 11.5. The number of hydrogen-bond acceptors (Lipinski definition) is 4. The van der Waals surface area contributed by atoms with E-state index in [9.17, 15) is 4.79 Å². The van der Waals surface area contributed by atoms with Gasteiger partial charge in [-0.25, -0.2) is 0 Å². The van der Waals surface area contributed by atoms with Crippen molar-refractivity contribution in [3.63, 3.8) is 0 Å². The number of para-hydroxylation sites is 1. The molecule has 5 heteroatoms. The number of hydrogen-bond donors (Lipinski definition) is 2. The number of carbonyl (C=O) groups is 1. The molecule has 2 atom stereocenters. The van der Waals surface area contributed by atoms with E-state index in [1.807, 2.05) is 12.1 Å². The Bertz CT molecular complexity index is 596. The van der Waals surface area contributed by atoms with Crippen LogP contribution in [0.15, 0.2) is 30.5 Å². The summed E-state index contributed by atoms with van der Waals surface area (Å²) in [5, 5.41) is 4.84. The normalized spacial score (nSPS) is 22.8. The van der Waals surface area contributed by atoms with Crippen LogP contribution in [-0.4, -0.2) is 35.2 Å². The van der Waals surface area contributed by atoms with E-state index in [1.54, 1.807) is 11.8 Å². The van der Waals surface area contributed by atoms with Gasteiger partial charge in [0, 0.05) is 22.9 Å². The number of carbonyl (C=O) groups excluding carboxylic acids is 1. The fourth-order valence-corrected chi connectivity index (χ4v) is 3.64. The molecular formula is C14H16N2O2S. The first kappa shape index (κ1) is 12.6. The molecule has 3 rings (SSSR count). The van der Waals surface area contributed by atoms with E-state index < -0.39 is 0 Å². The highest BCUT2D eigenvalue weighted by molar-refractivity contribution is 8.00. The van der Waals surface area contributed by atoms with Crippen LogP contribution in [0.25, 0.3) is 10.9 Å². The monoisotopic (exact) mass is 276 g/mol. The van der Waals surface area contributed by atoms with Crippen LogP contribution in [-0.2, 0) is 16.0 Å². The lowest BCUT2D eigenvalue weighted by Crippen LogP contribution is -2.38. The van der Waals surface area contributed by atoms with E-state index in [2.05, 4.69) is 28.6 Å². The summed E-state index contributed by atoms with van der Waals surface area (Å²) < 4.78 is 4.77. The van der Waals surface area contributed by atoms with E-state index in [4.69, 9.17) is 4.74 Å². The number of benzene rings is 1. The fourth-order valence-electron chi connectivity index (χ4n) is 2.43. The Labute approximate surface area is 115 Å². The molecule has 4 nitrogen and oxygen atoms in total. The standard InChI is InChI=1S/C14H16N2O2S/c1-18-14(17)12-8-19-13(16-12)6-9-7-15-11-5-3-2-4-10(9)11/h2-5,7,12-13,15-16H,6,8H2,1H3. The maximum atomic E-state index is 11.5. The van der Waals surface area contributed by atoms with Gasteiger partial charge in [0.25, 0.3) is 0 Å². The van der Waals surface area contributed by atoms with Crippen LogP contribution in [0.5, 0.6) is 0 Å². The largest absolute Gasteiger partial charge is 0.468 e. The summed E-state index contributed by atoms with van der Waals surface area (Å²) in [6, 6.07) is 8.10. The van der Waals surface area contributed by atoms with Crippen molar-refractivity contribution in [1.29, 1.82) is 0 Å². The van der Waals surface area contributed by atoms with Gasteiger partial charge in [0.2, 0.25) is 0 Å². The molecule has 1 aromatic heterocycles. The highest BCUT2D eigenvalue weighted by atomic mass is 32.2. The number of esters is 1. The number of nitrogens with one attached hydrogen (secondary N) is 2. The van der Waals surface area contributed by atoms with Crippen LogP contribution in [0.2, 0.25) is 0 Å². The molecule has 1 saturated heterocycles. The van der Waals surface area contributed by atoms with Crippen molar-refractivity contribution in [2.24, 2.45) is 0 Å². The second kappa shape index (κ2) is 5.27. The minimum absolute atomic E-state index is 0.172. The lowest BCUT2D eigenvalue weighted by atomic mass is 10.1. The second-order valence-electron chi connectivity index (χ2n) is 4.63. The van der Waals surface area contributed by atoms with Gasteiger partial charge in [-0.15, -0.1) is 11.8 Å². The molecule has 0 spiro atoms. The van der Waals surface area contributed by atoms with E-state index in [1.165, 1.54) is 18.1 Å². The molecule has 2 aromatic rings. The number of aromatic nitrogens is 1. The number of rotatable bonds is 3. The minimum atomic E-state index is -0.176. The Balaban J connectivity index is 1.71.